The predicted molar refractivity (Wildman–Crippen MR) is 220 cm³/mol. The summed E-state index contributed by atoms with van der Waals surface area (Å²) in [5.74, 6) is 0. The van der Waals surface area contributed by atoms with Crippen molar-refractivity contribution >= 4 is 87.5 Å². The van der Waals surface area contributed by atoms with E-state index in [-0.39, 0.29) is 0 Å². The normalized spacial score (nSPS) is 12.1. The molecular formula is C49H27N3O2. The standard InChI is InChI=1S/C49H27N3O2/c50-28-29-12-11-18-35(45(29)52-42-21-8-3-15-32(42)37-25-27-39-34-17-5-10-23-44(34)54-49(39)47(37)52)30-13-1-6-19-40(30)51-41-20-7-2-14-31(41)36-24-26-38-33-16-4-9-22-43(33)53-48(38)46(36)51/h1-27H. The molecule has 54 heavy (non-hydrogen) atoms. The van der Waals surface area contributed by atoms with E-state index in [1.807, 2.05) is 42.5 Å². The minimum atomic E-state index is 0.569. The predicted octanol–water partition coefficient (Wildman–Crippen LogP) is 13.2. The van der Waals surface area contributed by atoms with Gasteiger partial charge in [0, 0.05) is 54.2 Å². The second-order valence-electron chi connectivity index (χ2n) is 13.9. The van der Waals surface area contributed by atoms with Gasteiger partial charge in [0.25, 0.3) is 0 Å². The highest BCUT2D eigenvalue weighted by Crippen LogP contribution is 2.46. The average Bonchev–Trinajstić information content (AvgIpc) is 3.98. The van der Waals surface area contributed by atoms with Gasteiger partial charge in [-0.2, -0.15) is 5.26 Å². The van der Waals surface area contributed by atoms with E-state index in [9.17, 15) is 5.26 Å². The smallest absolute Gasteiger partial charge is 0.160 e. The Labute approximate surface area is 307 Å². The van der Waals surface area contributed by atoms with Crippen molar-refractivity contribution in [1.82, 2.24) is 9.13 Å². The Balaban J connectivity index is 1.23. The molecule has 0 saturated carbocycles. The van der Waals surface area contributed by atoms with E-state index in [0.717, 1.165) is 110 Å². The Morgan fingerprint density at radius 2 is 0.870 bits per heavy atom. The van der Waals surface area contributed by atoms with Gasteiger partial charge in [0.1, 0.15) is 17.2 Å². The van der Waals surface area contributed by atoms with Gasteiger partial charge in [0.05, 0.1) is 39.0 Å². The van der Waals surface area contributed by atoms with Crippen LogP contribution in [0.2, 0.25) is 0 Å². The van der Waals surface area contributed by atoms with Crippen LogP contribution >= 0.6 is 0 Å². The lowest BCUT2D eigenvalue weighted by atomic mass is 9.97. The molecule has 0 amide bonds. The third-order valence-corrected chi connectivity index (χ3v) is 11.2. The van der Waals surface area contributed by atoms with E-state index in [1.165, 1.54) is 0 Å². The van der Waals surface area contributed by atoms with Crippen molar-refractivity contribution in [3.8, 4) is 28.6 Å². The van der Waals surface area contributed by atoms with Crippen molar-refractivity contribution in [2.45, 2.75) is 0 Å². The topological polar surface area (TPSA) is 59.9 Å². The van der Waals surface area contributed by atoms with Gasteiger partial charge < -0.3 is 18.0 Å². The summed E-state index contributed by atoms with van der Waals surface area (Å²) in [7, 11) is 0. The van der Waals surface area contributed by atoms with E-state index >= 15 is 0 Å². The van der Waals surface area contributed by atoms with Crippen molar-refractivity contribution in [2.24, 2.45) is 0 Å². The average molecular weight is 690 g/mol. The number of furan rings is 2. The fourth-order valence-corrected chi connectivity index (χ4v) is 8.93. The molecule has 8 aromatic carbocycles. The SMILES string of the molecule is N#Cc1cccc(-c2ccccc2-n2c3ccccc3c3ccc4c5ccccc5oc4c32)c1-n1c2ccccc2c2ccc3c4ccccc4oc3c21. The zero-order valence-electron chi connectivity index (χ0n) is 28.7. The molecule has 0 saturated heterocycles. The first kappa shape index (κ1) is 29.1. The summed E-state index contributed by atoms with van der Waals surface area (Å²) < 4.78 is 18.0. The molecule has 0 unspecified atom stereocenters. The number of hydrogen-bond donors (Lipinski definition) is 0. The molecule has 0 fully saturated rings. The van der Waals surface area contributed by atoms with E-state index in [2.05, 4.69) is 137 Å². The molecule has 0 bridgehead atoms. The van der Waals surface area contributed by atoms with Crippen LogP contribution in [0.25, 0.3) is 110 Å². The van der Waals surface area contributed by atoms with Crippen molar-refractivity contribution < 1.29 is 8.83 Å². The number of nitrogens with zero attached hydrogens (tertiary/aromatic N) is 3. The molecule has 0 radical (unpaired) electrons. The van der Waals surface area contributed by atoms with Crippen LogP contribution in [-0.2, 0) is 0 Å². The Morgan fingerprint density at radius 1 is 0.389 bits per heavy atom. The van der Waals surface area contributed by atoms with Crippen molar-refractivity contribution in [2.75, 3.05) is 0 Å². The van der Waals surface area contributed by atoms with Crippen LogP contribution in [0.5, 0.6) is 0 Å². The summed E-state index contributed by atoms with van der Waals surface area (Å²) in [6.45, 7) is 0. The van der Waals surface area contributed by atoms with Gasteiger partial charge in [-0.25, -0.2) is 0 Å². The highest BCUT2D eigenvalue weighted by atomic mass is 16.3. The zero-order valence-corrected chi connectivity index (χ0v) is 28.7. The molecular weight excluding hydrogens is 663 g/mol. The largest absolute Gasteiger partial charge is 0.454 e. The monoisotopic (exact) mass is 689 g/mol. The maximum atomic E-state index is 10.9. The van der Waals surface area contributed by atoms with E-state index < -0.39 is 0 Å². The Morgan fingerprint density at radius 3 is 1.50 bits per heavy atom. The molecule has 0 aliphatic heterocycles. The molecule has 12 aromatic rings. The third-order valence-electron chi connectivity index (χ3n) is 11.2. The van der Waals surface area contributed by atoms with Crippen LogP contribution < -0.4 is 0 Å². The van der Waals surface area contributed by atoms with Gasteiger partial charge in [-0.05, 0) is 48.5 Å². The second kappa shape index (κ2) is 10.7. The summed E-state index contributed by atoms with van der Waals surface area (Å²) in [5, 5.41) is 19.6. The molecule has 0 aliphatic carbocycles. The van der Waals surface area contributed by atoms with Gasteiger partial charge in [0.15, 0.2) is 11.2 Å². The highest BCUT2D eigenvalue weighted by Gasteiger charge is 2.25. The quantitative estimate of drug-likeness (QED) is 0.185. The number of para-hydroxylation sites is 6. The van der Waals surface area contributed by atoms with Gasteiger partial charge in [-0.15, -0.1) is 0 Å². The maximum absolute atomic E-state index is 10.9. The van der Waals surface area contributed by atoms with Gasteiger partial charge in [0.2, 0.25) is 0 Å². The lowest BCUT2D eigenvalue weighted by molar-refractivity contribution is 0.670. The van der Waals surface area contributed by atoms with Gasteiger partial charge in [-0.1, -0.05) is 115 Å². The summed E-state index contributed by atoms with van der Waals surface area (Å²) in [6.07, 6.45) is 0. The van der Waals surface area contributed by atoms with Crippen LogP contribution in [-0.4, -0.2) is 9.13 Å². The third kappa shape index (κ3) is 3.76. The van der Waals surface area contributed by atoms with Crippen LogP contribution in [0, 0.1) is 11.3 Å². The zero-order chi connectivity index (χ0) is 35.5. The number of rotatable bonds is 3. The molecule has 12 rings (SSSR count). The summed E-state index contributed by atoms with van der Waals surface area (Å²) in [6, 6.07) is 59.3. The Hall–Kier alpha value is -7.55. The van der Waals surface area contributed by atoms with E-state index in [1.54, 1.807) is 0 Å². The summed E-state index contributed by atoms with van der Waals surface area (Å²) >= 11 is 0. The molecule has 0 N–H and O–H groups in total. The van der Waals surface area contributed by atoms with Crippen LogP contribution in [0.1, 0.15) is 5.56 Å². The first-order chi connectivity index (χ1) is 26.8. The fourth-order valence-electron chi connectivity index (χ4n) is 8.93. The summed E-state index contributed by atoms with van der Waals surface area (Å²) in [5.41, 5.74) is 11.6. The minimum absolute atomic E-state index is 0.569. The second-order valence-corrected chi connectivity index (χ2v) is 13.9. The Bertz CT molecular complexity index is 3590. The molecule has 5 heteroatoms. The molecule has 0 aliphatic rings. The first-order valence-electron chi connectivity index (χ1n) is 18.1. The number of fused-ring (bicyclic) bond motifs is 14. The van der Waals surface area contributed by atoms with Gasteiger partial charge >= 0.3 is 0 Å². The number of hydrogen-bond acceptors (Lipinski definition) is 3. The van der Waals surface area contributed by atoms with Crippen molar-refractivity contribution in [1.29, 1.82) is 5.26 Å². The molecule has 0 atom stereocenters. The minimum Gasteiger partial charge on any atom is -0.454 e. The summed E-state index contributed by atoms with van der Waals surface area (Å²) in [4.78, 5) is 0. The molecule has 250 valence electrons. The number of benzene rings is 8. The molecule has 5 nitrogen and oxygen atoms in total. The van der Waals surface area contributed by atoms with Crippen molar-refractivity contribution in [3.05, 3.63) is 169 Å². The molecule has 0 spiro atoms. The highest BCUT2D eigenvalue weighted by molar-refractivity contribution is 6.23. The first-order valence-corrected chi connectivity index (χ1v) is 18.1. The lowest BCUT2D eigenvalue weighted by Crippen LogP contribution is -2.03. The molecule has 4 heterocycles. The van der Waals surface area contributed by atoms with Gasteiger partial charge in [-0.3, -0.25) is 0 Å². The lowest BCUT2D eigenvalue weighted by Gasteiger charge is -2.19. The van der Waals surface area contributed by atoms with Crippen LogP contribution in [0.4, 0.5) is 0 Å². The number of aromatic nitrogens is 2. The van der Waals surface area contributed by atoms with Crippen LogP contribution in [0.3, 0.4) is 0 Å². The maximum Gasteiger partial charge on any atom is 0.160 e. The molecule has 4 aromatic heterocycles. The van der Waals surface area contributed by atoms with Crippen molar-refractivity contribution in [3.63, 3.8) is 0 Å². The van der Waals surface area contributed by atoms with E-state index in [0.29, 0.717) is 5.56 Å². The number of nitriles is 1. The Kier molecular flexibility index (Phi) is 5.78. The van der Waals surface area contributed by atoms with Crippen LogP contribution in [0.15, 0.2) is 173 Å². The fraction of sp³-hybridized carbons (Fsp3) is 0. The van der Waals surface area contributed by atoms with E-state index in [4.69, 9.17) is 8.83 Å².